The maximum absolute atomic E-state index is 9.46. The molecule has 1 aliphatic heterocycles. The number of aliphatic hydroxyl groups is 1. The highest BCUT2D eigenvalue weighted by Crippen LogP contribution is 2.17. The van der Waals surface area contributed by atoms with Gasteiger partial charge in [-0.3, -0.25) is 4.90 Å². The summed E-state index contributed by atoms with van der Waals surface area (Å²) < 4.78 is 0. The van der Waals surface area contributed by atoms with E-state index in [0.717, 1.165) is 32.0 Å². The minimum atomic E-state index is -0.290. The molecule has 0 amide bonds. The van der Waals surface area contributed by atoms with Crippen LogP contribution in [0.1, 0.15) is 19.4 Å². The maximum Gasteiger partial charge on any atom is 0.128 e. The Morgan fingerprint density at radius 2 is 2.32 bits per heavy atom. The molecule has 2 atom stereocenters. The predicted molar refractivity (Wildman–Crippen MR) is 73.9 cm³/mol. The summed E-state index contributed by atoms with van der Waals surface area (Å²) in [6, 6.07) is 6.17. The Morgan fingerprint density at radius 1 is 1.53 bits per heavy atom. The molecule has 102 valence electrons. The number of piperazine rings is 1. The first-order valence-corrected chi connectivity index (χ1v) is 6.63. The van der Waals surface area contributed by atoms with Crippen molar-refractivity contribution in [3.63, 3.8) is 0 Å². The summed E-state index contributed by atoms with van der Waals surface area (Å²) in [7, 11) is 0. The summed E-state index contributed by atoms with van der Waals surface area (Å²) in [4.78, 5) is 8.85. The van der Waals surface area contributed by atoms with E-state index < -0.39 is 0 Å². The van der Waals surface area contributed by atoms with Gasteiger partial charge in [-0.15, -0.1) is 0 Å². The minimum absolute atomic E-state index is 0.290. The molecule has 2 rings (SSSR count). The summed E-state index contributed by atoms with van der Waals surface area (Å²) in [5, 5.41) is 18.2. The number of hydrogen-bond acceptors (Lipinski definition) is 5. The van der Waals surface area contributed by atoms with E-state index in [-0.39, 0.29) is 6.10 Å². The second-order valence-corrected chi connectivity index (χ2v) is 5.16. The van der Waals surface area contributed by atoms with E-state index in [1.54, 1.807) is 12.3 Å². The number of pyridine rings is 1. The summed E-state index contributed by atoms with van der Waals surface area (Å²) in [6.07, 6.45) is 1.32. The van der Waals surface area contributed by atoms with Gasteiger partial charge in [-0.2, -0.15) is 5.26 Å². The Bertz CT molecular complexity index is 452. The summed E-state index contributed by atoms with van der Waals surface area (Å²) >= 11 is 0. The first kappa shape index (κ1) is 13.8. The van der Waals surface area contributed by atoms with Crippen molar-refractivity contribution in [2.45, 2.75) is 26.0 Å². The van der Waals surface area contributed by atoms with Crippen LogP contribution in [0.15, 0.2) is 18.3 Å². The van der Waals surface area contributed by atoms with Gasteiger partial charge < -0.3 is 10.0 Å². The van der Waals surface area contributed by atoms with Crippen molar-refractivity contribution >= 4 is 5.82 Å². The fourth-order valence-electron chi connectivity index (χ4n) is 2.45. The van der Waals surface area contributed by atoms with Crippen molar-refractivity contribution in [3.05, 3.63) is 23.9 Å². The molecular weight excluding hydrogens is 240 g/mol. The molecule has 1 N–H and O–H groups in total. The third-order valence-electron chi connectivity index (χ3n) is 3.46. The lowest BCUT2D eigenvalue weighted by atomic mass is 10.1. The Labute approximate surface area is 114 Å². The van der Waals surface area contributed by atoms with Gasteiger partial charge in [-0.25, -0.2) is 4.98 Å². The molecule has 0 unspecified atom stereocenters. The van der Waals surface area contributed by atoms with E-state index in [0.29, 0.717) is 11.6 Å². The number of nitriles is 1. The average Bonchev–Trinajstić information content (AvgIpc) is 2.41. The molecule has 0 radical (unpaired) electrons. The van der Waals surface area contributed by atoms with Gasteiger partial charge in [0.05, 0.1) is 11.7 Å². The van der Waals surface area contributed by atoms with Gasteiger partial charge in [-0.1, -0.05) is 0 Å². The zero-order chi connectivity index (χ0) is 13.8. The van der Waals surface area contributed by atoms with Gasteiger partial charge >= 0.3 is 0 Å². The maximum atomic E-state index is 9.46. The van der Waals surface area contributed by atoms with Crippen LogP contribution in [0, 0.1) is 11.3 Å². The lowest BCUT2D eigenvalue weighted by Crippen LogP contribution is -2.53. The minimum Gasteiger partial charge on any atom is -0.392 e. The van der Waals surface area contributed by atoms with Crippen LogP contribution in [0.25, 0.3) is 0 Å². The quantitative estimate of drug-likeness (QED) is 0.872. The fraction of sp³-hybridized carbons (Fsp3) is 0.571. The predicted octanol–water partition coefficient (Wildman–Crippen LogP) is 0.845. The van der Waals surface area contributed by atoms with Crippen LogP contribution in [-0.2, 0) is 0 Å². The highest BCUT2D eigenvalue weighted by atomic mass is 16.3. The first-order chi connectivity index (χ1) is 9.10. The van der Waals surface area contributed by atoms with Crippen LogP contribution in [0.5, 0.6) is 0 Å². The van der Waals surface area contributed by atoms with Crippen LogP contribution in [0.3, 0.4) is 0 Å². The molecule has 0 saturated carbocycles. The van der Waals surface area contributed by atoms with Crippen molar-refractivity contribution in [1.29, 1.82) is 5.26 Å². The van der Waals surface area contributed by atoms with Crippen LogP contribution in [0.2, 0.25) is 0 Å². The van der Waals surface area contributed by atoms with E-state index in [2.05, 4.69) is 27.8 Å². The van der Waals surface area contributed by atoms with Crippen LogP contribution in [-0.4, -0.2) is 53.3 Å². The first-order valence-electron chi connectivity index (χ1n) is 6.63. The number of aromatic nitrogens is 1. The second kappa shape index (κ2) is 6.00. The zero-order valence-electron chi connectivity index (χ0n) is 11.5. The molecule has 19 heavy (non-hydrogen) atoms. The second-order valence-electron chi connectivity index (χ2n) is 5.16. The molecule has 5 nitrogen and oxygen atoms in total. The number of aliphatic hydroxyl groups excluding tert-OH is 1. The zero-order valence-corrected chi connectivity index (χ0v) is 11.5. The van der Waals surface area contributed by atoms with Gasteiger partial charge in [0, 0.05) is 38.4 Å². The number of β-amino-alcohol motifs (C(OH)–C–C–N with tert-alkyl or cyclic N) is 1. The van der Waals surface area contributed by atoms with E-state index in [9.17, 15) is 5.11 Å². The molecule has 0 spiro atoms. The van der Waals surface area contributed by atoms with E-state index in [1.807, 2.05) is 13.0 Å². The molecular formula is C14H20N4O. The molecule has 2 heterocycles. The van der Waals surface area contributed by atoms with Gasteiger partial charge in [0.25, 0.3) is 0 Å². The number of hydrogen-bond donors (Lipinski definition) is 1. The Kier molecular flexibility index (Phi) is 4.35. The average molecular weight is 260 g/mol. The van der Waals surface area contributed by atoms with Crippen molar-refractivity contribution in [2.75, 3.05) is 31.1 Å². The molecule has 1 aromatic heterocycles. The molecule has 1 aromatic rings. The molecule has 5 heteroatoms. The standard InChI is InChI=1S/C14H20N4O/c1-11-9-18(6-5-17(11)10-12(2)19)14-4-3-13(7-15)8-16-14/h3-4,8,11-12,19H,5-6,9-10H2,1-2H3/t11-,12+/m1/s1. The lowest BCUT2D eigenvalue weighted by molar-refractivity contribution is 0.0959. The highest BCUT2D eigenvalue weighted by Gasteiger charge is 2.24. The van der Waals surface area contributed by atoms with Gasteiger partial charge in [-0.05, 0) is 26.0 Å². The molecule has 0 aromatic carbocycles. The van der Waals surface area contributed by atoms with E-state index in [1.165, 1.54) is 0 Å². The van der Waals surface area contributed by atoms with Crippen molar-refractivity contribution in [1.82, 2.24) is 9.88 Å². The summed E-state index contributed by atoms with van der Waals surface area (Å²) in [5.41, 5.74) is 0.588. The van der Waals surface area contributed by atoms with Crippen molar-refractivity contribution < 1.29 is 5.11 Å². The Hall–Kier alpha value is -1.64. The molecule has 0 aliphatic carbocycles. The van der Waals surface area contributed by atoms with Gasteiger partial charge in [0.1, 0.15) is 11.9 Å². The van der Waals surface area contributed by atoms with E-state index >= 15 is 0 Å². The highest BCUT2D eigenvalue weighted by molar-refractivity contribution is 5.42. The topological polar surface area (TPSA) is 63.4 Å². The molecule has 0 bridgehead atoms. The SMILES string of the molecule is C[C@H](O)CN1CCN(c2ccc(C#N)cn2)C[C@H]1C. The molecule has 1 saturated heterocycles. The summed E-state index contributed by atoms with van der Waals surface area (Å²) in [6.45, 7) is 7.42. The summed E-state index contributed by atoms with van der Waals surface area (Å²) in [5.74, 6) is 0.919. The van der Waals surface area contributed by atoms with Crippen LogP contribution >= 0.6 is 0 Å². The monoisotopic (exact) mass is 260 g/mol. The third kappa shape index (κ3) is 3.43. The Balaban J connectivity index is 1.99. The van der Waals surface area contributed by atoms with Crippen molar-refractivity contribution in [3.8, 4) is 6.07 Å². The number of nitrogens with zero attached hydrogens (tertiary/aromatic N) is 4. The van der Waals surface area contributed by atoms with Gasteiger partial charge in [0.15, 0.2) is 0 Å². The van der Waals surface area contributed by atoms with Crippen LogP contribution < -0.4 is 4.90 Å². The number of anilines is 1. The van der Waals surface area contributed by atoms with Crippen molar-refractivity contribution in [2.24, 2.45) is 0 Å². The normalized spacial score (nSPS) is 22.0. The Morgan fingerprint density at radius 3 is 2.84 bits per heavy atom. The van der Waals surface area contributed by atoms with E-state index in [4.69, 9.17) is 5.26 Å². The van der Waals surface area contributed by atoms with Crippen LogP contribution in [0.4, 0.5) is 5.82 Å². The lowest BCUT2D eigenvalue weighted by Gasteiger charge is -2.40. The fourth-order valence-corrected chi connectivity index (χ4v) is 2.45. The smallest absolute Gasteiger partial charge is 0.128 e. The van der Waals surface area contributed by atoms with Gasteiger partial charge in [0.2, 0.25) is 0 Å². The molecule has 1 fully saturated rings. The molecule has 1 aliphatic rings. The number of rotatable bonds is 3. The largest absolute Gasteiger partial charge is 0.392 e. The third-order valence-corrected chi connectivity index (χ3v) is 3.46.